The molecule has 0 bridgehead atoms. The molecule has 1 aliphatic heterocycles. The minimum absolute atomic E-state index is 0.0181. The second-order valence-corrected chi connectivity index (χ2v) is 10.2. The lowest BCUT2D eigenvalue weighted by molar-refractivity contribution is -0.123. The van der Waals surface area contributed by atoms with Crippen molar-refractivity contribution >= 4 is 27.5 Å². The molecule has 32 heavy (non-hydrogen) atoms. The fraction of sp³-hybridized carbons (Fsp3) is 0.417. The molecule has 7 nitrogen and oxygen atoms in total. The number of nitrogens with zero attached hydrogens (tertiary/aromatic N) is 1. The van der Waals surface area contributed by atoms with E-state index >= 15 is 0 Å². The number of hydrogen-bond donors (Lipinski definition) is 2. The van der Waals surface area contributed by atoms with Crippen molar-refractivity contribution in [1.82, 2.24) is 10.0 Å². The number of anilines is 1. The lowest BCUT2D eigenvalue weighted by Gasteiger charge is -2.21. The molecule has 0 radical (unpaired) electrons. The van der Waals surface area contributed by atoms with E-state index in [1.165, 1.54) is 6.07 Å². The van der Waals surface area contributed by atoms with E-state index in [1.54, 1.807) is 24.0 Å². The molecule has 1 unspecified atom stereocenters. The Morgan fingerprint density at radius 2 is 1.81 bits per heavy atom. The number of sulfonamides is 1. The molecule has 2 aromatic carbocycles. The van der Waals surface area contributed by atoms with Crippen molar-refractivity contribution in [3.05, 3.63) is 59.7 Å². The van der Waals surface area contributed by atoms with Crippen molar-refractivity contribution in [3.8, 4) is 0 Å². The molecule has 0 fully saturated rings. The van der Waals surface area contributed by atoms with Crippen LogP contribution in [-0.2, 0) is 32.6 Å². The zero-order valence-corrected chi connectivity index (χ0v) is 19.6. The smallest absolute Gasteiger partial charge is 0.241 e. The maximum atomic E-state index is 13.1. The van der Waals surface area contributed by atoms with Crippen LogP contribution in [0.5, 0.6) is 0 Å². The minimum atomic E-state index is -3.91. The first kappa shape index (κ1) is 23.9. The monoisotopic (exact) mass is 457 g/mol. The number of hydrogen-bond acceptors (Lipinski definition) is 4. The van der Waals surface area contributed by atoms with Gasteiger partial charge in [-0.25, -0.2) is 8.42 Å². The molecule has 3 rings (SSSR count). The van der Waals surface area contributed by atoms with Gasteiger partial charge in [0.15, 0.2) is 0 Å². The maximum Gasteiger partial charge on any atom is 0.241 e. The topological polar surface area (TPSA) is 95.6 Å². The molecular weight excluding hydrogens is 426 g/mol. The van der Waals surface area contributed by atoms with E-state index in [2.05, 4.69) is 10.0 Å². The van der Waals surface area contributed by atoms with Gasteiger partial charge < -0.3 is 10.2 Å². The fourth-order valence-electron chi connectivity index (χ4n) is 3.84. The predicted octanol–water partition coefficient (Wildman–Crippen LogP) is 3.00. The van der Waals surface area contributed by atoms with Crippen LogP contribution in [0.25, 0.3) is 0 Å². The molecular formula is C24H31N3O4S. The molecule has 2 aromatic rings. The zero-order chi connectivity index (χ0) is 23.3. The van der Waals surface area contributed by atoms with Crippen molar-refractivity contribution in [3.63, 3.8) is 0 Å². The van der Waals surface area contributed by atoms with Crippen LogP contribution in [0.3, 0.4) is 0 Å². The Kier molecular flexibility index (Phi) is 7.69. The van der Waals surface area contributed by atoms with E-state index in [9.17, 15) is 18.0 Å². The van der Waals surface area contributed by atoms with Crippen molar-refractivity contribution in [2.24, 2.45) is 5.92 Å². The Labute approximate surface area is 190 Å². The standard InChI is InChI=1S/C24H31N3O4S/c1-4-23(28)27-13-12-19-15-20(10-11-22(19)27)32(30,31)26-21(14-17(2)3)24(29)25-16-18-8-6-5-7-9-18/h5-11,15,17,21,26H,4,12-14,16H2,1-3H3,(H,25,29). The van der Waals surface area contributed by atoms with E-state index in [1.807, 2.05) is 44.2 Å². The summed E-state index contributed by atoms with van der Waals surface area (Å²) in [6.07, 6.45) is 1.39. The van der Waals surface area contributed by atoms with Crippen LogP contribution in [0.15, 0.2) is 53.4 Å². The highest BCUT2D eigenvalue weighted by molar-refractivity contribution is 7.89. The van der Waals surface area contributed by atoms with Crippen LogP contribution in [0.1, 0.15) is 44.7 Å². The van der Waals surface area contributed by atoms with Gasteiger partial charge in [0.1, 0.15) is 6.04 Å². The molecule has 2 N–H and O–H groups in total. The molecule has 1 heterocycles. The Morgan fingerprint density at radius 3 is 2.47 bits per heavy atom. The quantitative estimate of drug-likeness (QED) is 0.605. The lowest BCUT2D eigenvalue weighted by atomic mass is 10.0. The number of amides is 2. The third-order valence-corrected chi connectivity index (χ3v) is 6.96. The van der Waals surface area contributed by atoms with Crippen molar-refractivity contribution in [2.45, 2.75) is 57.5 Å². The third kappa shape index (κ3) is 5.75. The summed E-state index contributed by atoms with van der Waals surface area (Å²) in [6.45, 7) is 6.58. The summed E-state index contributed by atoms with van der Waals surface area (Å²) in [5.41, 5.74) is 2.52. The van der Waals surface area contributed by atoms with E-state index < -0.39 is 16.1 Å². The first-order valence-corrected chi connectivity index (χ1v) is 12.5. The number of fused-ring (bicyclic) bond motifs is 1. The Hall–Kier alpha value is -2.71. The number of nitrogens with one attached hydrogen (secondary N) is 2. The van der Waals surface area contributed by atoms with Gasteiger partial charge in [-0.15, -0.1) is 0 Å². The predicted molar refractivity (Wildman–Crippen MR) is 125 cm³/mol. The molecule has 0 aromatic heterocycles. The van der Waals surface area contributed by atoms with Crippen molar-refractivity contribution < 1.29 is 18.0 Å². The average Bonchev–Trinajstić information content (AvgIpc) is 3.20. The van der Waals surface area contributed by atoms with Gasteiger partial charge in [-0.3, -0.25) is 9.59 Å². The SMILES string of the molecule is CCC(=O)N1CCc2cc(S(=O)(=O)NC(CC(C)C)C(=O)NCc3ccccc3)ccc21. The van der Waals surface area contributed by atoms with Crippen LogP contribution in [0.2, 0.25) is 0 Å². The summed E-state index contributed by atoms with van der Waals surface area (Å²) in [5.74, 6) is -0.213. The molecule has 1 aliphatic rings. The number of rotatable bonds is 9. The van der Waals surface area contributed by atoms with Crippen molar-refractivity contribution in [2.75, 3.05) is 11.4 Å². The average molecular weight is 458 g/mol. The first-order chi connectivity index (χ1) is 15.2. The van der Waals surface area contributed by atoms with Crippen LogP contribution in [0, 0.1) is 5.92 Å². The van der Waals surface area contributed by atoms with Crippen LogP contribution in [-0.4, -0.2) is 32.8 Å². The fourth-order valence-corrected chi connectivity index (χ4v) is 5.10. The molecule has 0 saturated carbocycles. The van der Waals surface area contributed by atoms with E-state index in [0.717, 1.165) is 16.8 Å². The van der Waals surface area contributed by atoms with E-state index in [4.69, 9.17) is 0 Å². The van der Waals surface area contributed by atoms with Crippen LogP contribution >= 0.6 is 0 Å². The molecule has 1 atom stereocenters. The highest BCUT2D eigenvalue weighted by Crippen LogP contribution is 2.30. The molecule has 0 aliphatic carbocycles. The number of benzene rings is 2. The first-order valence-electron chi connectivity index (χ1n) is 11.0. The van der Waals surface area contributed by atoms with Gasteiger partial charge in [-0.05, 0) is 48.1 Å². The highest BCUT2D eigenvalue weighted by Gasteiger charge is 2.29. The largest absolute Gasteiger partial charge is 0.351 e. The summed E-state index contributed by atoms with van der Waals surface area (Å²) < 4.78 is 28.8. The number of carbonyl (C=O) groups is 2. The third-order valence-electron chi connectivity index (χ3n) is 5.49. The zero-order valence-electron chi connectivity index (χ0n) is 18.8. The minimum Gasteiger partial charge on any atom is -0.351 e. The van der Waals surface area contributed by atoms with Gasteiger partial charge in [0.2, 0.25) is 21.8 Å². The Balaban J connectivity index is 1.75. The molecule has 172 valence electrons. The van der Waals surface area contributed by atoms with Gasteiger partial charge in [0, 0.05) is 25.2 Å². The second kappa shape index (κ2) is 10.3. The normalized spacial score (nSPS) is 14.3. The van der Waals surface area contributed by atoms with Gasteiger partial charge in [0.25, 0.3) is 0 Å². The number of carbonyl (C=O) groups excluding carboxylic acids is 2. The summed E-state index contributed by atoms with van der Waals surface area (Å²) in [4.78, 5) is 26.7. The maximum absolute atomic E-state index is 13.1. The van der Waals surface area contributed by atoms with Gasteiger partial charge in [-0.2, -0.15) is 4.72 Å². The lowest BCUT2D eigenvalue weighted by Crippen LogP contribution is -2.47. The summed E-state index contributed by atoms with van der Waals surface area (Å²) in [6, 6.07) is 13.4. The second-order valence-electron chi connectivity index (χ2n) is 8.45. The van der Waals surface area contributed by atoms with Crippen LogP contribution in [0.4, 0.5) is 5.69 Å². The Morgan fingerprint density at radius 1 is 1.09 bits per heavy atom. The van der Waals surface area contributed by atoms with Gasteiger partial charge in [0.05, 0.1) is 4.90 Å². The summed E-state index contributed by atoms with van der Waals surface area (Å²) >= 11 is 0. The molecule has 8 heteroatoms. The highest BCUT2D eigenvalue weighted by atomic mass is 32.2. The van der Waals surface area contributed by atoms with Crippen molar-refractivity contribution in [1.29, 1.82) is 0 Å². The van der Waals surface area contributed by atoms with Gasteiger partial charge in [-0.1, -0.05) is 51.1 Å². The Bertz CT molecular complexity index is 1070. The van der Waals surface area contributed by atoms with E-state index in [-0.39, 0.29) is 22.6 Å². The van der Waals surface area contributed by atoms with E-state index in [0.29, 0.717) is 32.4 Å². The molecule has 2 amide bonds. The van der Waals surface area contributed by atoms with Gasteiger partial charge >= 0.3 is 0 Å². The summed E-state index contributed by atoms with van der Waals surface area (Å²) in [5, 5.41) is 2.83. The molecule has 0 saturated heterocycles. The summed E-state index contributed by atoms with van der Waals surface area (Å²) in [7, 11) is -3.91. The molecule has 0 spiro atoms. The van der Waals surface area contributed by atoms with Crippen LogP contribution < -0.4 is 14.9 Å².